The number of hydrogen-bond acceptors (Lipinski definition) is 4. The Kier molecular flexibility index (Phi) is 3.01. The number of carbonyl (C=O) groups excluding carboxylic acids is 1. The Morgan fingerprint density at radius 1 is 1.80 bits per heavy atom. The van der Waals surface area contributed by atoms with Gasteiger partial charge < -0.3 is 15.1 Å². The fraction of sp³-hybridized carbons (Fsp3) is 0.600. The van der Waals surface area contributed by atoms with Crippen LogP contribution >= 0.6 is 0 Å². The van der Waals surface area contributed by atoms with Gasteiger partial charge in [-0.15, -0.1) is 0 Å². The molecule has 5 heteroatoms. The lowest BCUT2D eigenvalue weighted by Gasteiger charge is -2.10. The summed E-state index contributed by atoms with van der Waals surface area (Å²) in [5, 5.41) is 6.14. The number of carbonyl (C=O) groups is 1. The zero-order chi connectivity index (χ0) is 10.7. The first-order chi connectivity index (χ1) is 7.27. The van der Waals surface area contributed by atoms with E-state index in [0.717, 1.165) is 13.0 Å². The standard InChI is InChI=1S/C10H15N3O2/c1-7-9(15-6-13-7)10(14)12-5-8-3-2-4-11-8/h6,8,11H,2-5H2,1H3,(H,12,14). The van der Waals surface area contributed by atoms with E-state index in [-0.39, 0.29) is 5.91 Å². The van der Waals surface area contributed by atoms with Gasteiger partial charge in [-0.05, 0) is 26.3 Å². The first-order valence-electron chi connectivity index (χ1n) is 5.19. The van der Waals surface area contributed by atoms with Crippen LogP contribution in [0.1, 0.15) is 29.1 Å². The molecule has 0 spiro atoms. The third kappa shape index (κ3) is 2.36. The van der Waals surface area contributed by atoms with E-state index in [0.29, 0.717) is 24.0 Å². The van der Waals surface area contributed by atoms with Gasteiger partial charge in [-0.1, -0.05) is 0 Å². The van der Waals surface area contributed by atoms with E-state index in [1.165, 1.54) is 12.8 Å². The zero-order valence-electron chi connectivity index (χ0n) is 8.75. The minimum Gasteiger partial charge on any atom is -0.438 e. The Morgan fingerprint density at radius 3 is 3.27 bits per heavy atom. The van der Waals surface area contributed by atoms with Gasteiger partial charge in [0.05, 0.1) is 5.69 Å². The summed E-state index contributed by atoms with van der Waals surface area (Å²) >= 11 is 0. The monoisotopic (exact) mass is 209 g/mol. The third-order valence-electron chi connectivity index (χ3n) is 2.62. The molecule has 15 heavy (non-hydrogen) atoms. The molecule has 1 aromatic heterocycles. The van der Waals surface area contributed by atoms with Crippen LogP contribution in [0.3, 0.4) is 0 Å². The van der Waals surface area contributed by atoms with Crippen molar-refractivity contribution in [2.75, 3.05) is 13.1 Å². The molecule has 1 fully saturated rings. The number of aryl methyl sites for hydroxylation is 1. The zero-order valence-corrected chi connectivity index (χ0v) is 8.75. The van der Waals surface area contributed by atoms with Crippen LogP contribution in [0, 0.1) is 6.92 Å². The molecule has 82 valence electrons. The van der Waals surface area contributed by atoms with Crippen molar-refractivity contribution < 1.29 is 9.21 Å². The van der Waals surface area contributed by atoms with Crippen molar-refractivity contribution in [3.05, 3.63) is 17.8 Å². The summed E-state index contributed by atoms with van der Waals surface area (Å²) in [4.78, 5) is 15.5. The first kappa shape index (κ1) is 10.2. The van der Waals surface area contributed by atoms with E-state index in [2.05, 4.69) is 15.6 Å². The summed E-state index contributed by atoms with van der Waals surface area (Å²) in [6.07, 6.45) is 3.59. The second kappa shape index (κ2) is 4.44. The molecule has 2 rings (SSSR count). The molecule has 1 aliphatic heterocycles. The molecule has 0 saturated carbocycles. The highest BCUT2D eigenvalue weighted by molar-refractivity contribution is 5.92. The quantitative estimate of drug-likeness (QED) is 0.759. The van der Waals surface area contributed by atoms with Gasteiger partial charge in [0, 0.05) is 12.6 Å². The van der Waals surface area contributed by atoms with Crippen molar-refractivity contribution in [1.82, 2.24) is 15.6 Å². The second-order valence-corrected chi connectivity index (χ2v) is 3.77. The Hall–Kier alpha value is -1.36. The Morgan fingerprint density at radius 2 is 2.67 bits per heavy atom. The number of amides is 1. The SMILES string of the molecule is Cc1ncoc1C(=O)NCC1CCCN1. The summed E-state index contributed by atoms with van der Waals surface area (Å²) in [6, 6.07) is 0.400. The van der Waals surface area contributed by atoms with Crippen LogP contribution in [0.2, 0.25) is 0 Å². The minimum absolute atomic E-state index is 0.182. The average molecular weight is 209 g/mol. The maximum atomic E-state index is 11.6. The van der Waals surface area contributed by atoms with E-state index < -0.39 is 0 Å². The smallest absolute Gasteiger partial charge is 0.289 e. The van der Waals surface area contributed by atoms with Gasteiger partial charge in [0.2, 0.25) is 5.76 Å². The predicted octanol–water partition coefficient (Wildman–Crippen LogP) is 0.465. The van der Waals surface area contributed by atoms with Gasteiger partial charge in [-0.3, -0.25) is 4.79 Å². The number of hydrogen-bond donors (Lipinski definition) is 2. The third-order valence-corrected chi connectivity index (χ3v) is 2.62. The highest BCUT2D eigenvalue weighted by atomic mass is 16.3. The largest absolute Gasteiger partial charge is 0.438 e. The molecule has 2 heterocycles. The summed E-state index contributed by atoms with van der Waals surface area (Å²) in [5.41, 5.74) is 0.631. The summed E-state index contributed by atoms with van der Waals surface area (Å²) < 4.78 is 5.00. The minimum atomic E-state index is -0.182. The molecule has 0 radical (unpaired) electrons. The molecule has 1 unspecified atom stereocenters. The molecule has 2 N–H and O–H groups in total. The molecule has 1 aliphatic rings. The highest BCUT2D eigenvalue weighted by Gasteiger charge is 2.17. The first-order valence-corrected chi connectivity index (χ1v) is 5.19. The predicted molar refractivity (Wildman–Crippen MR) is 54.6 cm³/mol. The molecule has 1 atom stereocenters. The topological polar surface area (TPSA) is 67.2 Å². The number of oxazole rings is 1. The van der Waals surface area contributed by atoms with Gasteiger partial charge in [-0.25, -0.2) is 4.98 Å². The number of nitrogens with zero attached hydrogens (tertiary/aromatic N) is 1. The van der Waals surface area contributed by atoms with Crippen LogP contribution in [-0.4, -0.2) is 30.0 Å². The lowest BCUT2D eigenvalue weighted by molar-refractivity contribution is 0.0921. The molecular weight excluding hydrogens is 194 g/mol. The number of nitrogens with one attached hydrogen (secondary N) is 2. The van der Waals surface area contributed by atoms with Crippen LogP contribution in [0.15, 0.2) is 10.8 Å². The van der Waals surface area contributed by atoms with Crippen LogP contribution in [0.5, 0.6) is 0 Å². The van der Waals surface area contributed by atoms with Crippen LogP contribution in [-0.2, 0) is 0 Å². The highest BCUT2D eigenvalue weighted by Crippen LogP contribution is 2.06. The molecule has 5 nitrogen and oxygen atoms in total. The van der Waals surface area contributed by atoms with Gasteiger partial charge in [0.1, 0.15) is 0 Å². The molecule has 0 aromatic carbocycles. The fourth-order valence-electron chi connectivity index (χ4n) is 1.75. The molecule has 1 amide bonds. The van der Waals surface area contributed by atoms with Gasteiger partial charge in [0.15, 0.2) is 6.39 Å². The lowest BCUT2D eigenvalue weighted by Crippen LogP contribution is -2.37. The van der Waals surface area contributed by atoms with E-state index >= 15 is 0 Å². The van der Waals surface area contributed by atoms with E-state index in [4.69, 9.17) is 4.42 Å². The average Bonchev–Trinajstić information content (AvgIpc) is 2.84. The number of rotatable bonds is 3. The maximum absolute atomic E-state index is 11.6. The molecular formula is C10H15N3O2. The normalized spacial score (nSPS) is 20.5. The van der Waals surface area contributed by atoms with E-state index in [1.807, 2.05) is 0 Å². The summed E-state index contributed by atoms with van der Waals surface area (Å²) in [5.74, 6) is 0.131. The van der Waals surface area contributed by atoms with Crippen molar-refractivity contribution in [3.8, 4) is 0 Å². The molecule has 0 aliphatic carbocycles. The summed E-state index contributed by atoms with van der Waals surface area (Å²) in [7, 11) is 0. The van der Waals surface area contributed by atoms with Gasteiger partial charge >= 0.3 is 0 Å². The molecule has 0 bridgehead atoms. The van der Waals surface area contributed by atoms with E-state index in [9.17, 15) is 4.79 Å². The van der Waals surface area contributed by atoms with Crippen LogP contribution in [0.4, 0.5) is 0 Å². The number of aromatic nitrogens is 1. The molecule has 1 aromatic rings. The Bertz CT molecular complexity index is 342. The summed E-state index contributed by atoms with van der Waals surface area (Å²) in [6.45, 7) is 3.45. The van der Waals surface area contributed by atoms with Gasteiger partial charge in [-0.2, -0.15) is 0 Å². The van der Waals surface area contributed by atoms with Crippen molar-refractivity contribution >= 4 is 5.91 Å². The lowest BCUT2D eigenvalue weighted by atomic mass is 10.2. The molecule has 1 saturated heterocycles. The van der Waals surface area contributed by atoms with Crippen molar-refractivity contribution in [2.45, 2.75) is 25.8 Å². The fourth-order valence-corrected chi connectivity index (χ4v) is 1.75. The van der Waals surface area contributed by atoms with Crippen molar-refractivity contribution in [2.24, 2.45) is 0 Å². The Labute approximate surface area is 88.3 Å². The van der Waals surface area contributed by atoms with Crippen molar-refractivity contribution in [1.29, 1.82) is 0 Å². The second-order valence-electron chi connectivity index (χ2n) is 3.77. The van der Waals surface area contributed by atoms with Gasteiger partial charge in [0.25, 0.3) is 5.91 Å². The van der Waals surface area contributed by atoms with Crippen molar-refractivity contribution in [3.63, 3.8) is 0 Å². The Balaban J connectivity index is 1.84. The maximum Gasteiger partial charge on any atom is 0.289 e. The van der Waals surface area contributed by atoms with Crippen LogP contribution in [0.25, 0.3) is 0 Å². The van der Waals surface area contributed by atoms with E-state index in [1.54, 1.807) is 6.92 Å². The van der Waals surface area contributed by atoms with Crippen LogP contribution < -0.4 is 10.6 Å².